The van der Waals surface area contributed by atoms with Crippen molar-refractivity contribution in [2.45, 2.75) is 46.8 Å². The molecule has 0 bridgehead atoms. The van der Waals surface area contributed by atoms with E-state index in [-0.39, 0.29) is 12.2 Å². The molecule has 3 aromatic rings. The smallest absolute Gasteiger partial charge is 0.265 e. The topological polar surface area (TPSA) is 81.9 Å². The average Bonchev–Trinajstić information content (AvgIpc) is 3.18. The summed E-state index contributed by atoms with van der Waals surface area (Å²) in [4.78, 5) is 6.20. The van der Waals surface area contributed by atoms with Crippen LogP contribution in [0.1, 0.15) is 49.8 Å². The summed E-state index contributed by atoms with van der Waals surface area (Å²) in [6, 6.07) is 6.66. The van der Waals surface area contributed by atoms with Crippen molar-refractivity contribution in [1.82, 2.24) is 35.1 Å². The molecule has 0 aromatic carbocycles. The van der Waals surface area contributed by atoms with E-state index < -0.39 is 6.43 Å². The Bertz CT molecular complexity index is 1120. The lowest BCUT2D eigenvalue weighted by molar-refractivity contribution is 0.151. The van der Waals surface area contributed by atoms with Gasteiger partial charge in [0.1, 0.15) is 12.3 Å². The molecule has 0 amide bonds. The Morgan fingerprint density at radius 2 is 1.94 bits per heavy atom. The van der Waals surface area contributed by atoms with E-state index >= 15 is 0 Å². The van der Waals surface area contributed by atoms with E-state index in [1.54, 1.807) is 19.1 Å². The van der Waals surface area contributed by atoms with Gasteiger partial charge in [-0.2, -0.15) is 4.68 Å². The van der Waals surface area contributed by atoms with Crippen molar-refractivity contribution in [1.29, 1.82) is 0 Å². The second-order valence-electron chi connectivity index (χ2n) is 7.74. The molecule has 0 N–H and O–H groups in total. The largest absolute Gasteiger partial charge is 0.470 e. The summed E-state index contributed by atoms with van der Waals surface area (Å²) in [5.41, 5.74) is 3.71. The first-order valence-corrected chi connectivity index (χ1v) is 10.4. The fourth-order valence-corrected chi connectivity index (χ4v) is 3.08. The molecule has 174 valence electrons. The molecular weight excluding hydrogens is 428 g/mol. The highest BCUT2D eigenvalue weighted by molar-refractivity contribution is 5.73. The Morgan fingerprint density at radius 3 is 2.48 bits per heavy atom. The quantitative estimate of drug-likeness (QED) is 0.438. The van der Waals surface area contributed by atoms with Crippen LogP contribution in [0, 0.1) is 6.92 Å². The van der Waals surface area contributed by atoms with E-state index in [1.807, 2.05) is 20.0 Å². The van der Waals surface area contributed by atoms with Crippen molar-refractivity contribution in [3.05, 3.63) is 71.5 Å². The summed E-state index contributed by atoms with van der Waals surface area (Å²) in [7, 11) is 2.02. The first-order chi connectivity index (χ1) is 15.7. The summed E-state index contributed by atoms with van der Waals surface area (Å²) >= 11 is 0. The predicted molar refractivity (Wildman–Crippen MR) is 121 cm³/mol. The molecule has 3 rings (SSSR count). The van der Waals surface area contributed by atoms with Gasteiger partial charge < -0.3 is 9.64 Å². The Morgan fingerprint density at radius 1 is 1.18 bits per heavy atom. The molecule has 0 saturated heterocycles. The van der Waals surface area contributed by atoms with Gasteiger partial charge in [0.05, 0.1) is 11.4 Å². The number of allylic oxidation sites excluding steroid dienone is 3. The average molecular weight is 456 g/mol. The molecule has 0 aliphatic carbocycles. The molecular formula is C23H27F2N7O. The van der Waals surface area contributed by atoms with Gasteiger partial charge in [0.25, 0.3) is 6.43 Å². The normalized spacial score (nSPS) is 12.2. The van der Waals surface area contributed by atoms with Crippen LogP contribution in [-0.4, -0.2) is 48.2 Å². The maximum absolute atomic E-state index is 12.8. The molecule has 33 heavy (non-hydrogen) atoms. The molecule has 0 unspecified atom stereocenters. The molecule has 0 radical (unpaired) electrons. The van der Waals surface area contributed by atoms with Crippen LogP contribution in [0.3, 0.4) is 0 Å². The molecule has 0 fully saturated rings. The van der Waals surface area contributed by atoms with Crippen molar-refractivity contribution in [3.8, 4) is 11.7 Å². The predicted octanol–water partition coefficient (Wildman–Crippen LogP) is 4.53. The summed E-state index contributed by atoms with van der Waals surface area (Å²) in [5, 5.41) is 16.6. The Hall–Kier alpha value is -3.69. The van der Waals surface area contributed by atoms with E-state index in [2.05, 4.69) is 50.8 Å². The SMILES string of the molecule is C=C/C(=C(/C)N(C)C(C)C)c1ccc(OCc2c(C)nnn2-c2ccc(C(F)F)cn2)nn1. The number of rotatable bonds is 9. The zero-order valence-electron chi connectivity index (χ0n) is 19.3. The highest BCUT2D eigenvalue weighted by Gasteiger charge is 2.16. The zero-order chi connectivity index (χ0) is 24.1. The van der Waals surface area contributed by atoms with Crippen molar-refractivity contribution in [2.75, 3.05) is 7.05 Å². The number of pyridine rings is 1. The standard InChI is InChI=1S/C23H27F2N7O/c1-7-18(16(5)31(6)14(2)3)19-9-11-22(29-28-19)33-13-20-15(4)27-30-32(20)21-10-8-17(12-26-21)23(24)25/h7-12,14,23H,1,13H2,2-6H3/b18-16+. The van der Waals surface area contributed by atoms with Gasteiger partial charge in [0.2, 0.25) is 5.88 Å². The fraction of sp³-hybridized carbons (Fsp3) is 0.348. The van der Waals surface area contributed by atoms with Crippen LogP contribution < -0.4 is 4.74 Å². The van der Waals surface area contributed by atoms with E-state index in [9.17, 15) is 8.78 Å². The summed E-state index contributed by atoms with van der Waals surface area (Å²) < 4.78 is 32.8. The van der Waals surface area contributed by atoms with Gasteiger partial charge in [0, 0.05) is 42.2 Å². The number of hydrogen-bond acceptors (Lipinski definition) is 7. The molecule has 3 heterocycles. The van der Waals surface area contributed by atoms with Crippen LogP contribution >= 0.6 is 0 Å². The maximum Gasteiger partial charge on any atom is 0.265 e. The number of halogens is 2. The second-order valence-corrected chi connectivity index (χ2v) is 7.74. The van der Waals surface area contributed by atoms with Crippen LogP contribution in [0.15, 0.2) is 48.8 Å². The Balaban J connectivity index is 1.77. The molecule has 3 aromatic heterocycles. The van der Waals surface area contributed by atoms with Crippen LogP contribution in [0.4, 0.5) is 8.78 Å². The lowest BCUT2D eigenvalue weighted by atomic mass is 10.1. The minimum atomic E-state index is -2.58. The number of ether oxygens (including phenoxy) is 1. The van der Waals surface area contributed by atoms with Gasteiger partial charge in [-0.05, 0) is 45.9 Å². The Labute approximate surface area is 191 Å². The van der Waals surface area contributed by atoms with Crippen molar-refractivity contribution in [3.63, 3.8) is 0 Å². The molecule has 0 spiro atoms. The minimum Gasteiger partial charge on any atom is -0.470 e. The third-order valence-corrected chi connectivity index (χ3v) is 5.37. The lowest BCUT2D eigenvalue weighted by Crippen LogP contribution is -2.25. The summed E-state index contributed by atoms with van der Waals surface area (Å²) in [5.74, 6) is 0.690. The van der Waals surface area contributed by atoms with Crippen LogP contribution in [-0.2, 0) is 6.61 Å². The van der Waals surface area contributed by atoms with E-state index in [0.29, 0.717) is 34.8 Å². The van der Waals surface area contributed by atoms with Gasteiger partial charge in [-0.3, -0.25) is 0 Å². The summed E-state index contributed by atoms with van der Waals surface area (Å²) in [6.45, 7) is 12.0. The third kappa shape index (κ3) is 5.39. The molecule has 0 aliphatic heterocycles. The first-order valence-electron chi connectivity index (χ1n) is 10.4. The molecule has 0 aliphatic rings. The van der Waals surface area contributed by atoms with Gasteiger partial charge in [-0.15, -0.1) is 15.3 Å². The van der Waals surface area contributed by atoms with Gasteiger partial charge in [-0.1, -0.05) is 17.9 Å². The van der Waals surface area contributed by atoms with Crippen molar-refractivity contribution >= 4 is 5.57 Å². The number of nitrogens with zero attached hydrogens (tertiary/aromatic N) is 7. The highest BCUT2D eigenvalue weighted by Crippen LogP contribution is 2.23. The first kappa shape index (κ1) is 24.0. The van der Waals surface area contributed by atoms with Gasteiger partial charge in [0.15, 0.2) is 5.82 Å². The molecule has 8 nitrogen and oxygen atoms in total. The van der Waals surface area contributed by atoms with Crippen molar-refractivity contribution in [2.24, 2.45) is 0 Å². The van der Waals surface area contributed by atoms with E-state index in [0.717, 1.165) is 17.5 Å². The monoisotopic (exact) mass is 455 g/mol. The zero-order valence-corrected chi connectivity index (χ0v) is 19.3. The minimum absolute atomic E-state index is 0.102. The number of alkyl halides is 2. The van der Waals surface area contributed by atoms with Crippen LogP contribution in [0.5, 0.6) is 5.88 Å². The molecule has 10 heteroatoms. The van der Waals surface area contributed by atoms with E-state index in [1.165, 1.54) is 16.8 Å². The van der Waals surface area contributed by atoms with Crippen LogP contribution in [0.25, 0.3) is 11.4 Å². The Kier molecular flexibility index (Phi) is 7.47. The number of hydrogen-bond donors (Lipinski definition) is 0. The van der Waals surface area contributed by atoms with Crippen molar-refractivity contribution < 1.29 is 13.5 Å². The number of aromatic nitrogens is 6. The van der Waals surface area contributed by atoms with Gasteiger partial charge >= 0.3 is 0 Å². The summed E-state index contributed by atoms with van der Waals surface area (Å²) in [6.07, 6.45) is 0.299. The van der Waals surface area contributed by atoms with Gasteiger partial charge in [-0.25, -0.2) is 13.8 Å². The maximum atomic E-state index is 12.8. The van der Waals surface area contributed by atoms with E-state index in [4.69, 9.17) is 4.74 Å². The highest BCUT2D eigenvalue weighted by atomic mass is 19.3. The molecule has 0 atom stereocenters. The number of aryl methyl sites for hydroxylation is 1. The molecule has 0 saturated carbocycles. The fourth-order valence-electron chi connectivity index (χ4n) is 3.08. The van der Waals surface area contributed by atoms with Crippen LogP contribution in [0.2, 0.25) is 0 Å². The second kappa shape index (κ2) is 10.3. The third-order valence-electron chi connectivity index (χ3n) is 5.37. The lowest BCUT2D eigenvalue weighted by Gasteiger charge is -2.26.